The van der Waals surface area contributed by atoms with E-state index in [0.29, 0.717) is 25.3 Å². The summed E-state index contributed by atoms with van der Waals surface area (Å²) in [5.41, 5.74) is 0.936. The molecule has 0 saturated carbocycles. The van der Waals surface area contributed by atoms with Crippen molar-refractivity contribution in [3.05, 3.63) is 24.3 Å². The van der Waals surface area contributed by atoms with E-state index < -0.39 is 12.1 Å². The van der Waals surface area contributed by atoms with Crippen LogP contribution in [-0.4, -0.2) is 54.2 Å². The van der Waals surface area contributed by atoms with Crippen molar-refractivity contribution in [2.45, 2.75) is 38.2 Å². The Hall–Kier alpha value is -2.24. The summed E-state index contributed by atoms with van der Waals surface area (Å²) >= 11 is 0. The summed E-state index contributed by atoms with van der Waals surface area (Å²) in [7, 11) is 0. The summed E-state index contributed by atoms with van der Waals surface area (Å²) in [6.45, 7) is 2.70. The van der Waals surface area contributed by atoms with Gasteiger partial charge in [0.15, 0.2) is 6.10 Å². The molecule has 1 amide bonds. The van der Waals surface area contributed by atoms with E-state index in [0.717, 1.165) is 31.6 Å². The SMILES string of the molecule is O=C(O)CCCN1CC(C(=O)N2CCCCC2)Oc2ccccc21. The largest absolute Gasteiger partial charge is 0.481 e. The fourth-order valence-electron chi connectivity index (χ4n) is 3.39. The highest BCUT2D eigenvalue weighted by Crippen LogP contribution is 2.33. The minimum atomic E-state index is -0.794. The number of amides is 1. The zero-order valence-corrected chi connectivity index (χ0v) is 13.8. The number of hydrogen-bond donors (Lipinski definition) is 1. The number of carboxylic acid groups (broad SMARTS) is 1. The number of anilines is 1. The fraction of sp³-hybridized carbons (Fsp3) is 0.556. The van der Waals surface area contributed by atoms with Gasteiger partial charge in [-0.3, -0.25) is 9.59 Å². The number of para-hydroxylation sites is 2. The van der Waals surface area contributed by atoms with Crippen LogP contribution in [0.4, 0.5) is 5.69 Å². The second-order valence-corrected chi connectivity index (χ2v) is 6.40. The zero-order valence-electron chi connectivity index (χ0n) is 13.8. The van der Waals surface area contributed by atoms with Gasteiger partial charge in [-0.05, 0) is 37.8 Å². The van der Waals surface area contributed by atoms with Crippen LogP contribution in [0, 0.1) is 0 Å². The molecule has 1 atom stereocenters. The third-order valence-corrected chi connectivity index (χ3v) is 4.62. The Morgan fingerprint density at radius 2 is 1.92 bits per heavy atom. The van der Waals surface area contributed by atoms with Gasteiger partial charge in [-0.1, -0.05) is 12.1 Å². The van der Waals surface area contributed by atoms with Crippen LogP contribution in [0.15, 0.2) is 24.3 Å². The van der Waals surface area contributed by atoms with Crippen LogP contribution in [0.1, 0.15) is 32.1 Å². The molecule has 0 aliphatic carbocycles. The minimum Gasteiger partial charge on any atom is -0.481 e. The molecule has 2 heterocycles. The Kier molecular flexibility index (Phi) is 5.23. The molecule has 3 rings (SSSR count). The summed E-state index contributed by atoms with van der Waals surface area (Å²) in [5, 5.41) is 8.84. The van der Waals surface area contributed by atoms with E-state index in [1.165, 1.54) is 6.42 Å². The number of carboxylic acids is 1. The fourth-order valence-corrected chi connectivity index (χ4v) is 3.39. The lowest BCUT2D eigenvalue weighted by molar-refractivity contribution is -0.140. The summed E-state index contributed by atoms with van der Waals surface area (Å²) in [6.07, 6.45) is 3.45. The average molecular weight is 332 g/mol. The number of ether oxygens (including phenoxy) is 1. The molecule has 2 aliphatic rings. The third-order valence-electron chi connectivity index (χ3n) is 4.62. The molecule has 0 aromatic heterocycles. The molecular formula is C18H24N2O4. The topological polar surface area (TPSA) is 70.1 Å². The lowest BCUT2D eigenvalue weighted by Gasteiger charge is -2.38. The normalized spacial score (nSPS) is 20.2. The van der Waals surface area contributed by atoms with Gasteiger partial charge in [0.25, 0.3) is 5.91 Å². The van der Waals surface area contributed by atoms with Gasteiger partial charge in [0.05, 0.1) is 12.2 Å². The number of piperidine rings is 1. The summed E-state index contributed by atoms with van der Waals surface area (Å²) in [6, 6.07) is 7.65. The first-order chi connectivity index (χ1) is 11.6. The number of nitrogens with zero attached hydrogens (tertiary/aromatic N) is 2. The number of benzene rings is 1. The first kappa shape index (κ1) is 16.6. The van der Waals surface area contributed by atoms with Crippen molar-refractivity contribution < 1.29 is 19.4 Å². The summed E-state index contributed by atoms with van der Waals surface area (Å²) < 4.78 is 5.96. The molecule has 24 heavy (non-hydrogen) atoms. The Morgan fingerprint density at radius 3 is 2.67 bits per heavy atom. The molecule has 1 saturated heterocycles. The lowest BCUT2D eigenvalue weighted by Crippen LogP contribution is -2.51. The summed E-state index contributed by atoms with van der Waals surface area (Å²) in [5.74, 6) is -0.0423. The quantitative estimate of drug-likeness (QED) is 0.894. The van der Waals surface area contributed by atoms with Gasteiger partial charge in [-0.15, -0.1) is 0 Å². The van der Waals surface area contributed by atoms with Crippen LogP contribution >= 0.6 is 0 Å². The molecular weight excluding hydrogens is 308 g/mol. The predicted octanol–water partition coefficient (Wildman–Crippen LogP) is 2.13. The highest BCUT2D eigenvalue weighted by molar-refractivity contribution is 5.83. The first-order valence-corrected chi connectivity index (χ1v) is 8.66. The maximum Gasteiger partial charge on any atom is 0.303 e. The van der Waals surface area contributed by atoms with Crippen LogP contribution in [0.5, 0.6) is 5.75 Å². The van der Waals surface area contributed by atoms with E-state index in [2.05, 4.69) is 4.90 Å². The van der Waals surface area contributed by atoms with Crippen molar-refractivity contribution in [1.82, 2.24) is 4.90 Å². The number of carbonyl (C=O) groups is 2. The Bertz CT molecular complexity index is 598. The van der Waals surface area contributed by atoms with E-state index in [4.69, 9.17) is 9.84 Å². The number of hydrogen-bond acceptors (Lipinski definition) is 4. The van der Waals surface area contributed by atoms with E-state index in [-0.39, 0.29) is 12.3 Å². The average Bonchev–Trinajstić information content (AvgIpc) is 2.61. The highest BCUT2D eigenvalue weighted by atomic mass is 16.5. The number of rotatable bonds is 5. The van der Waals surface area contributed by atoms with Gasteiger partial charge in [0.1, 0.15) is 5.75 Å². The second kappa shape index (κ2) is 7.55. The molecule has 0 bridgehead atoms. The predicted molar refractivity (Wildman–Crippen MR) is 90.4 cm³/mol. The van der Waals surface area contributed by atoms with Crippen molar-refractivity contribution in [1.29, 1.82) is 0 Å². The van der Waals surface area contributed by atoms with E-state index in [1.807, 2.05) is 29.2 Å². The van der Waals surface area contributed by atoms with Crippen LogP contribution < -0.4 is 9.64 Å². The molecule has 6 nitrogen and oxygen atoms in total. The molecule has 6 heteroatoms. The van der Waals surface area contributed by atoms with Gasteiger partial charge in [-0.2, -0.15) is 0 Å². The van der Waals surface area contributed by atoms with Crippen molar-refractivity contribution >= 4 is 17.6 Å². The second-order valence-electron chi connectivity index (χ2n) is 6.40. The number of carbonyl (C=O) groups excluding carboxylic acids is 1. The van der Waals surface area contributed by atoms with Crippen LogP contribution in [0.3, 0.4) is 0 Å². The van der Waals surface area contributed by atoms with Gasteiger partial charge in [0.2, 0.25) is 0 Å². The summed E-state index contributed by atoms with van der Waals surface area (Å²) in [4.78, 5) is 27.5. The van der Waals surface area contributed by atoms with E-state index in [1.54, 1.807) is 0 Å². The van der Waals surface area contributed by atoms with E-state index in [9.17, 15) is 9.59 Å². The van der Waals surface area contributed by atoms with Crippen molar-refractivity contribution in [3.63, 3.8) is 0 Å². The first-order valence-electron chi connectivity index (χ1n) is 8.66. The Balaban J connectivity index is 1.71. The maximum atomic E-state index is 12.8. The minimum absolute atomic E-state index is 0.0486. The Morgan fingerprint density at radius 1 is 1.17 bits per heavy atom. The van der Waals surface area contributed by atoms with Crippen LogP contribution in [0.25, 0.3) is 0 Å². The zero-order chi connectivity index (χ0) is 16.9. The third kappa shape index (κ3) is 3.80. The van der Waals surface area contributed by atoms with Crippen molar-refractivity contribution in [3.8, 4) is 5.75 Å². The van der Waals surface area contributed by atoms with Gasteiger partial charge >= 0.3 is 5.97 Å². The number of aliphatic carboxylic acids is 1. The molecule has 130 valence electrons. The molecule has 1 unspecified atom stereocenters. The van der Waals surface area contributed by atoms with Crippen LogP contribution in [-0.2, 0) is 9.59 Å². The van der Waals surface area contributed by atoms with Gasteiger partial charge in [-0.25, -0.2) is 0 Å². The van der Waals surface area contributed by atoms with E-state index >= 15 is 0 Å². The van der Waals surface area contributed by atoms with Crippen LogP contribution in [0.2, 0.25) is 0 Å². The molecule has 1 aromatic carbocycles. The van der Waals surface area contributed by atoms with Crippen molar-refractivity contribution in [2.75, 3.05) is 31.1 Å². The monoisotopic (exact) mass is 332 g/mol. The van der Waals surface area contributed by atoms with Gasteiger partial charge < -0.3 is 19.6 Å². The van der Waals surface area contributed by atoms with Crippen molar-refractivity contribution in [2.24, 2.45) is 0 Å². The number of likely N-dealkylation sites (tertiary alicyclic amines) is 1. The number of fused-ring (bicyclic) bond motifs is 1. The smallest absolute Gasteiger partial charge is 0.303 e. The molecule has 1 fully saturated rings. The molecule has 2 aliphatic heterocycles. The van der Waals surface area contributed by atoms with Gasteiger partial charge in [0, 0.05) is 26.1 Å². The molecule has 1 N–H and O–H groups in total. The lowest BCUT2D eigenvalue weighted by atomic mass is 10.1. The highest BCUT2D eigenvalue weighted by Gasteiger charge is 2.33. The molecule has 1 aromatic rings. The molecule has 0 spiro atoms. The Labute approximate surface area is 142 Å². The molecule has 0 radical (unpaired) electrons. The standard InChI is InChI=1S/C18H24N2O4/c21-17(22)9-6-12-20-13-16(18(23)19-10-4-1-5-11-19)24-15-8-3-2-7-14(15)20/h2-3,7-8,16H,1,4-6,9-13H2,(H,21,22). The maximum absolute atomic E-state index is 12.8.